The van der Waals surface area contributed by atoms with Gasteiger partial charge in [0.25, 0.3) is 5.91 Å². The van der Waals surface area contributed by atoms with Crippen LogP contribution < -0.4 is 4.74 Å². The van der Waals surface area contributed by atoms with Gasteiger partial charge in [0.1, 0.15) is 6.04 Å². The summed E-state index contributed by atoms with van der Waals surface area (Å²) in [5.74, 6) is 0.505. The van der Waals surface area contributed by atoms with Gasteiger partial charge in [0.05, 0.1) is 24.1 Å². The number of carbonyl (C=O) groups is 1. The summed E-state index contributed by atoms with van der Waals surface area (Å²) in [4.78, 5) is 19.8. The van der Waals surface area contributed by atoms with Crippen LogP contribution in [0.2, 0.25) is 0 Å². The van der Waals surface area contributed by atoms with Crippen molar-refractivity contribution in [2.45, 2.75) is 26.0 Å². The van der Waals surface area contributed by atoms with Gasteiger partial charge in [-0.3, -0.25) is 4.79 Å². The van der Waals surface area contributed by atoms with E-state index in [0.717, 1.165) is 0 Å². The van der Waals surface area contributed by atoms with Gasteiger partial charge >= 0.3 is 0 Å². The average Bonchev–Trinajstić information content (AvgIpc) is 2.91. The molecule has 0 bridgehead atoms. The molecule has 1 aliphatic heterocycles. The van der Waals surface area contributed by atoms with Crippen LogP contribution in [0.4, 0.5) is 0 Å². The van der Waals surface area contributed by atoms with Crippen molar-refractivity contribution in [3.63, 3.8) is 0 Å². The van der Waals surface area contributed by atoms with Crippen LogP contribution in [-0.4, -0.2) is 50.0 Å². The van der Waals surface area contributed by atoms with Crippen molar-refractivity contribution >= 4 is 5.91 Å². The molecular formula is C14H17N5O2. The largest absolute Gasteiger partial charge is 0.475 e. The molecule has 21 heavy (non-hydrogen) atoms. The first-order valence-corrected chi connectivity index (χ1v) is 6.91. The lowest BCUT2D eigenvalue weighted by molar-refractivity contribution is 0.0476. The molecule has 1 saturated heterocycles. The topological polar surface area (TPSA) is 73.1 Å². The molecule has 0 unspecified atom stereocenters. The second kappa shape index (κ2) is 5.51. The van der Waals surface area contributed by atoms with Crippen LogP contribution in [0.25, 0.3) is 0 Å². The van der Waals surface area contributed by atoms with Crippen LogP contribution >= 0.6 is 0 Å². The number of hydrogen-bond acceptors (Lipinski definition) is 5. The molecule has 110 valence electrons. The van der Waals surface area contributed by atoms with Gasteiger partial charge in [-0.05, 0) is 19.9 Å². The highest BCUT2D eigenvalue weighted by molar-refractivity contribution is 5.94. The van der Waals surface area contributed by atoms with Crippen LogP contribution in [0, 0.1) is 0 Å². The zero-order chi connectivity index (χ0) is 14.8. The van der Waals surface area contributed by atoms with E-state index in [9.17, 15) is 4.79 Å². The minimum atomic E-state index is -0.0259. The summed E-state index contributed by atoms with van der Waals surface area (Å²) in [6, 6.07) is 3.63. The summed E-state index contributed by atoms with van der Waals surface area (Å²) in [6.07, 6.45) is 4.90. The highest BCUT2D eigenvalue weighted by atomic mass is 16.5. The van der Waals surface area contributed by atoms with E-state index in [2.05, 4.69) is 15.2 Å². The summed E-state index contributed by atoms with van der Waals surface area (Å²) < 4.78 is 5.46. The van der Waals surface area contributed by atoms with Crippen molar-refractivity contribution in [1.82, 2.24) is 24.9 Å². The zero-order valence-corrected chi connectivity index (χ0v) is 12.0. The summed E-state index contributed by atoms with van der Waals surface area (Å²) in [5, 5.41) is 8.17. The van der Waals surface area contributed by atoms with Gasteiger partial charge in [-0.2, -0.15) is 15.0 Å². The first-order chi connectivity index (χ1) is 10.1. The second-order valence-corrected chi connectivity index (χ2v) is 5.27. The molecule has 7 nitrogen and oxygen atoms in total. The van der Waals surface area contributed by atoms with Crippen LogP contribution in [0.15, 0.2) is 30.7 Å². The Labute approximate surface area is 122 Å². The third-order valence-electron chi connectivity index (χ3n) is 3.25. The lowest BCUT2D eigenvalue weighted by Crippen LogP contribution is -2.51. The molecule has 3 rings (SSSR count). The molecule has 2 aromatic heterocycles. The monoisotopic (exact) mass is 287 g/mol. The number of ether oxygens (including phenoxy) is 1. The first-order valence-electron chi connectivity index (χ1n) is 6.91. The summed E-state index contributed by atoms with van der Waals surface area (Å²) in [5.41, 5.74) is 0.568. The van der Waals surface area contributed by atoms with E-state index < -0.39 is 0 Å². The maximum atomic E-state index is 12.3. The van der Waals surface area contributed by atoms with Crippen molar-refractivity contribution in [1.29, 1.82) is 0 Å². The Balaban J connectivity index is 1.59. The maximum absolute atomic E-state index is 12.3. The van der Waals surface area contributed by atoms with E-state index in [4.69, 9.17) is 4.74 Å². The van der Waals surface area contributed by atoms with Gasteiger partial charge in [-0.1, -0.05) is 0 Å². The molecule has 0 saturated carbocycles. The number of nitrogens with zero attached hydrogens (tertiary/aromatic N) is 5. The van der Waals surface area contributed by atoms with Crippen molar-refractivity contribution in [3.05, 3.63) is 36.3 Å². The van der Waals surface area contributed by atoms with Crippen LogP contribution in [0.3, 0.4) is 0 Å². The van der Waals surface area contributed by atoms with Crippen LogP contribution in [0.1, 0.15) is 30.2 Å². The van der Waals surface area contributed by atoms with Gasteiger partial charge in [0, 0.05) is 25.4 Å². The number of likely N-dealkylation sites (tertiary alicyclic amines) is 1. The van der Waals surface area contributed by atoms with Crippen molar-refractivity contribution in [3.8, 4) is 5.88 Å². The Kier molecular flexibility index (Phi) is 3.55. The molecule has 7 heteroatoms. The second-order valence-electron chi connectivity index (χ2n) is 5.27. The van der Waals surface area contributed by atoms with Gasteiger partial charge < -0.3 is 9.64 Å². The Morgan fingerprint density at radius 1 is 1.29 bits per heavy atom. The van der Waals surface area contributed by atoms with Crippen LogP contribution in [-0.2, 0) is 0 Å². The fraction of sp³-hybridized carbons (Fsp3) is 0.429. The third kappa shape index (κ3) is 2.86. The Bertz CT molecular complexity index is 603. The molecule has 1 fully saturated rings. The molecule has 1 amide bonds. The standard InChI is InChI=1S/C14H17N5O2/c1-10(2)21-13-4-3-11(7-15-13)14(20)18-8-12(9-18)19-16-5-6-17-19/h3-7,10,12H,8-9H2,1-2H3. The van der Waals surface area contributed by atoms with Crippen LogP contribution in [0.5, 0.6) is 5.88 Å². The Hall–Kier alpha value is -2.44. The van der Waals surface area contributed by atoms with E-state index >= 15 is 0 Å². The third-order valence-corrected chi connectivity index (χ3v) is 3.25. The first kappa shape index (κ1) is 13.5. The number of aromatic nitrogens is 4. The van der Waals surface area contributed by atoms with Gasteiger partial charge in [-0.15, -0.1) is 0 Å². The van der Waals surface area contributed by atoms with Gasteiger partial charge in [-0.25, -0.2) is 4.98 Å². The molecule has 0 N–H and O–H groups in total. The van der Waals surface area contributed by atoms with E-state index in [1.165, 1.54) is 0 Å². The predicted octanol–water partition coefficient (Wildman–Crippen LogP) is 1.16. The average molecular weight is 287 g/mol. The molecule has 0 spiro atoms. The molecule has 3 heterocycles. The van der Waals surface area contributed by atoms with Crippen molar-refractivity contribution in [2.75, 3.05) is 13.1 Å². The summed E-state index contributed by atoms with van der Waals surface area (Å²) in [7, 11) is 0. The summed E-state index contributed by atoms with van der Waals surface area (Å²) >= 11 is 0. The molecule has 1 aliphatic rings. The molecule has 0 aliphatic carbocycles. The number of amides is 1. The Morgan fingerprint density at radius 2 is 2.00 bits per heavy atom. The lowest BCUT2D eigenvalue weighted by Gasteiger charge is -2.38. The van der Waals surface area contributed by atoms with E-state index in [1.54, 1.807) is 40.4 Å². The quantitative estimate of drug-likeness (QED) is 0.843. The molecular weight excluding hydrogens is 270 g/mol. The highest BCUT2D eigenvalue weighted by Crippen LogP contribution is 2.22. The van der Waals surface area contributed by atoms with E-state index in [1.807, 2.05) is 13.8 Å². The molecule has 2 aromatic rings. The lowest BCUT2D eigenvalue weighted by atomic mass is 10.1. The van der Waals surface area contributed by atoms with Crippen molar-refractivity contribution in [2.24, 2.45) is 0 Å². The van der Waals surface area contributed by atoms with Crippen molar-refractivity contribution < 1.29 is 9.53 Å². The zero-order valence-electron chi connectivity index (χ0n) is 12.0. The smallest absolute Gasteiger partial charge is 0.255 e. The SMILES string of the molecule is CC(C)Oc1ccc(C(=O)N2CC(n3nccn3)C2)cn1. The minimum absolute atomic E-state index is 0.0259. The van der Waals surface area contributed by atoms with E-state index in [-0.39, 0.29) is 18.1 Å². The summed E-state index contributed by atoms with van der Waals surface area (Å²) in [6.45, 7) is 5.12. The van der Waals surface area contributed by atoms with E-state index in [0.29, 0.717) is 24.5 Å². The maximum Gasteiger partial charge on any atom is 0.255 e. The number of pyridine rings is 1. The molecule has 0 aromatic carbocycles. The Morgan fingerprint density at radius 3 is 2.57 bits per heavy atom. The normalized spacial score (nSPS) is 15.1. The highest BCUT2D eigenvalue weighted by Gasteiger charge is 2.33. The van der Waals surface area contributed by atoms with Gasteiger partial charge in [0.2, 0.25) is 5.88 Å². The fourth-order valence-electron chi connectivity index (χ4n) is 2.18. The minimum Gasteiger partial charge on any atom is -0.475 e. The van der Waals surface area contributed by atoms with Gasteiger partial charge in [0.15, 0.2) is 0 Å². The number of rotatable bonds is 4. The molecule has 0 radical (unpaired) electrons. The predicted molar refractivity (Wildman–Crippen MR) is 75.0 cm³/mol. The molecule has 0 atom stereocenters. The number of hydrogen-bond donors (Lipinski definition) is 0. The fourth-order valence-corrected chi connectivity index (χ4v) is 2.18. The number of carbonyl (C=O) groups excluding carboxylic acids is 1.